The monoisotopic (exact) mass is 262 g/mol. The van der Waals surface area contributed by atoms with Crippen molar-refractivity contribution in [3.05, 3.63) is 0 Å². The van der Waals surface area contributed by atoms with Gasteiger partial charge in [0.25, 0.3) is 0 Å². The molecule has 14 heavy (non-hydrogen) atoms. The van der Waals surface area contributed by atoms with Crippen molar-refractivity contribution in [1.29, 1.82) is 0 Å². The van der Waals surface area contributed by atoms with Crippen LogP contribution in [0.2, 0.25) is 0 Å². The number of carbonyl (C=O) groups is 2. The number of hydrogen-bond acceptors (Lipinski definition) is 2. The predicted octanol–water partition coefficient (Wildman–Crippen LogP) is 2.37. The molecule has 1 N–H and O–H groups in total. The minimum Gasteiger partial charge on any atom is -0.481 e. The maximum absolute atomic E-state index is 11.2. The number of carbonyl (C=O) groups excluding carboxylic acids is 1. The second kappa shape index (κ2) is 4.43. The first-order valence-corrected chi connectivity index (χ1v) is 5.80. The second-order valence-corrected chi connectivity index (χ2v) is 4.91. The normalized spacial score (nSPS) is 22.7. The van der Waals surface area contributed by atoms with Gasteiger partial charge >= 0.3 is 5.97 Å². The van der Waals surface area contributed by atoms with E-state index in [4.69, 9.17) is 0 Å². The first kappa shape index (κ1) is 11.7. The van der Waals surface area contributed by atoms with Gasteiger partial charge in [0.2, 0.25) is 0 Å². The fourth-order valence-corrected chi connectivity index (χ4v) is 2.80. The van der Waals surface area contributed by atoms with Crippen LogP contribution in [0.3, 0.4) is 0 Å². The molecule has 0 radical (unpaired) electrons. The van der Waals surface area contributed by atoms with Gasteiger partial charge in [-0.3, -0.25) is 9.59 Å². The lowest BCUT2D eigenvalue weighted by Gasteiger charge is -2.35. The highest BCUT2D eigenvalue weighted by molar-refractivity contribution is 9.10. The Morgan fingerprint density at radius 1 is 1.29 bits per heavy atom. The van der Waals surface area contributed by atoms with Gasteiger partial charge in [-0.2, -0.15) is 0 Å². The van der Waals surface area contributed by atoms with Crippen molar-refractivity contribution in [2.24, 2.45) is 5.41 Å². The lowest BCUT2D eigenvalue weighted by molar-refractivity contribution is -0.152. The fourth-order valence-electron chi connectivity index (χ4n) is 2.15. The molecule has 80 valence electrons. The van der Waals surface area contributed by atoms with E-state index < -0.39 is 16.2 Å². The van der Waals surface area contributed by atoms with Crippen molar-refractivity contribution in [3.8, 4) is 0 Å². The van der Waals surface area contributed by atoms with E-state index in [0.717, 1.165) is 19.3 Å². The third-order valence-electron chi connectivity index (χ3n) is 3.01. The fraction of sp³-hybridized carbons (Fsp3) is 0.800. The Hall–Kier alpha value is -0.380. The quantitative estimate of drug-likeness (QED) is 0.795. The molecule has 0 aliphatic heterocycles. The van der Waals surface area contributed by atoms with E-state index in [1.165, 1.54) is 6.92 Å². The Kier molecular flexibility index (Phi) is 3.70. The number of rotatable bonds is 3. The standard InChI is InChI=1S/C10H15BrO3/c1-7(12)8(11)10(9(13)14)5-3-2-4-6-10/h8H,2-6H2,1H3,(H,13,14). The Bertz CT molecular complexity index is 244. The Labute approximate surface area is 92.0 Å². The molecule has 1 rings (SSSR count). The van der Waals surface area contributed by atoms with Crippen LogP contribution in [-0.4, -0.2) is 21.7 Å². The van der Waals surface area contributed by atoms with Crippen LogP contribution in [0.4, 0.5) is 0 Å². The van der Waals surface area contributed by atoms with Crippen molar-refractivity contribution in [2.75, 3.05) is 0 Å². The molecule has 0 aromatic carbocycles. The zero-order chi connectivity index (χ0) is 10.8. The van der Waals surface area contributed by atoms with E-state index in [1.54, 1.807) is 0 Å². The molecule has 0 bridgehead atoms. The number of carboxylic acids is 1. The predicted molar refractivity (Wildman–Crippen MR) is 56.5 cm³/mol. The van der Waals surface area contributed by atoms with E-state index in [-0.39, 0.29) is 5.78 Å². The van der Waals surface area contributed by atoms with Gasteiger partial charge in [-0.05, 0) is 19.8 Å². The van der Waals surface area contributed by atoms with Gasteiger partial charge < -0.3 is 5.11 Å². The van der Waals surface area contributed by atoms with Crippen LogP contribution in [0.15, 0.2) is 0 Å². The van der Waals surface area contributed by atoms with Crippen molar-refractivity contribution in [3.63, 3.8) is 0 Å². The van der Waals surface area contributed by atoms with Gasteiger partial charge in [0.15, 0.2) is 0 Å². The van der Waals surface area contributed by atoms with Crippen molar-refractivity contribution in [1.82, 2.24) is 0 Å². The molecule has 1 fully saturated rings. The lowest BCUT2D eigenvalue weighted by atomic mass is 9.71. The Morgan fingerprint density at radius 2 is 1.79 bits per heavy atom. The summed E-state index contributed by atoms with van der Waals surface area (Å²) in [6.07, 6.45) is 4.10. The molecule has 0 aromatic rings. The first-order chi connectivity index (χ1) is 6.50. The van der Waals surface area contributed by atoms with Gasteiger partial charge in [0.05, 0.1) is 10.2 Å². The summed E-state index contributed by atoms with van der Waals surface area (Å²) in [5, 5.41) is 9.23. The van der Waals surface area contributed by atoms with E-state index in [9.17, 15) is 14.7 Å². The summed E-state index contributed by atoms with van der Waals surface area (Å²) < 4.78 is 0. The van der Waals surface area contributed by atoms with Crippen LogP contribution in [0.25, 0.3) is 0 Å². The largest absolute Gasteiger partial charge is 0.481 e. The van der Waals surface area contributed by atoms with E-state index in [0.29, 0.717) is 12.8 Å². The summed E-state index contributed by atoms with van der Waals surface area (Å²) >= 11 is 3.23. The third-order valence-corrected chi connectivity index (χ3v) is 4.53. The summed E-state index contributed by atoms with van der Waals surface area (Å²) in [5.41, 5.74) is -0.857. The van der Waals surface area contributed by atoms with Crippen LogP contribution in [0.5, 0.6) is 0 Å². The molecule has 0 spiro atoms. The molecular formula is C10H15BrO3. The van der Waals surface area contributed by atoms with Crippen molar-refractivity contribution in [2.45, 2.75) is 43.9 Å². The molecule has 1 unspecified atom stereocenters. The number of halogens is 1. The smallest absolute Gasteiger partial charge is 0.311 e. The van der Waals surface area contributed by atoms with Crippen molar-refractivity contribution >= 4 is 27.7 Å². The third kappa shape index (κ3) is 2.00. The summed E-state index contributed by atoms with van der Waals surface area (Å²) in [6, 6.07) is 0. The van der Waals surface area contributed by atoms with Gasteiger partial charge in [-0.15, -0.1) is 0 Å². The number of Topliss-reactive ketones (excluding diaryl/α,β-unsaturated/α-hetero) is 1. The number of aliphatic carboxylic acids is 1. The molecular weight excluding hydrogens is 248 g/mol. The molecule has 1 saturated carbocycles. The lowest BCUT2D eigenvalue weighted by Crippen LogP contribution is -2.44. The molecule has 4 heteroatoms. The summed E-state index contributed by atoms with van der Waals surface area (Å²) in [4.78, 5) is 21.9. The minimum atomic E-state index is -0.857. The maximum atomic E-state index is 11.2. The molecule has 0 saturated heterocycles. The number of alkyl halides is 1. The number of ketones is 1. The zero-order valence-electron chi connectivity index (χ0n) is 8.25. The number of hydrogen-bond donors (Lipinski definition) is 1. The molecule has 1 atom stereocenters. The van der Waals surface area contributed by atoms with Gasteiger partial charge in [0, 0.05) is 0 Å². The van der Waals surface area contributed by atoms with Crippen LogP contribution in [0.1, 0.15) is 39.0 Å². The van der Waals surface area contributed by atoms with Crippen LogP contribution in [-0.2, 0) is 9.59 Å². The van der Waals surface area contributed by atoms with Crippen LogP contribution < -0.4 is 0 Å². The number of carboxylic acid groups (broad SMARTS) is 1. The second-order valence-electron chi connectivity index (χ2n) is 4.00. The average molecular weight is 263 g/mol. The Morgan fingerprint density at radius 3 is 2.14 bits per heavy atom. The summed E-state index contributed by atoms with van der Waals surface area (Å²) in [5.74, 6) is -0.927. The van der Waals surface area contributed by atoms with Crippen molar-refractivity contribution < 1.29 is 14.7 Å². The van der Waals surface area contributed by atoms with E-state index >= 15 is 0 Å². The van der Waals surface area contributed by atoms with Gasteiger partial charge in [0.1, 0.15) is 5.78 Å². The van der Waals surface area contributed by atoms with Crippen LogP contribution >= 0.6 is 15.9 Å². The highest BCUT2D eigenvalue weighted by atomic mass is 79.9. The van der Waals surface area contributed by atoms with Crippen LogP contribution in [0, 0.1) is 5.41 Å². The summed E-state index contributed by atoms with van der Waals surface area (Å²) in [6.45, 7) is 1.44. The molecule has 1 aliphatic carbocycles. The highest BCUT2D eigenvalue weighted by Gasteiger charge is 2.47. The van der Waals surface area contributed by atoms with E-state index in [2.05, 4.69) is 15.9 Å². The summed E-state index contributed by atoms with van der Waals surface area (Å²) in [7, 11) is 0. The first-order valence-electron chi connectivity index (χ1n) is 4.88. The zero-order valence-corrected chi connectivity index (χ0v) is 9.84. The topological polar surface area (TPSA) is 54.4 Å². The molecule has 3 nitrogen and oxygen atoms in total. The molecule has 1 aliphatic rings. The highest BCUT2D eigenvalue weighted by Crippen LogP contribution is 2.43. The van der Waals surface area contributed by atoms with E-state index in [1.807, 2.05) is 0 Å². The van der Waals surface area contributed by atoms with Gasteiger partial charge in [-0.1, -0.05) is 35.2 Å². The SMILES string of the molecule is CC(=O)C(Br)C1(C(=O)O)CCCCC1. The minimum absolute atomic E-state index is 0.0886. The molecule has 0 heterocycles. The molecule has 0 amide bonds. The maximum Gasteiger partial charge on any atom is 0.311 e. The van der Waals surface area contributed by atoms with Gasteiger partial charge in [-0.25, -0.2) is 0 Å². The Balaban J connectivity index is 2.90. The molecule has 0 aromatic heterocycles. The average Bonchev–Trinajstić information content (AvgIpc) is 2.17.